The fourth-order valence-electron chi connectivity index (χ4n) is 7.07. The molecule has 54 heavy (non-hydrogen) atoms. The predicted molar refractivity (Wildman–Crippen MR) is 194 cm³/mol. The molecule has 5 rings (SSSR count). The van der Waals surface area contributed by atoms with Crippen LogP contribution in [0.2, 0.25) is 0 Å². The number of halogens is 3. The number of benzene rings is 3. The van der Waals surface area contributed by atoms with Gasteiger partial charge in [-0.05, 0) is 79.8 Å². The molecule has 1 aliphatic carbocycles. The van der Waals surface area contributed by atoms with E-state index < -0.39 is 50.1 Å². The number of amides is 1. The third-order valence-corrected chi connectivity index (χ3v) is 12.8. The summed E-state index contributed by atoms with van der Waals surface area (Å²) >= 11 is 0. The van der Waals surface area contributed by atoms with Crippen molar-refractivity contribution in [3.63, 3.8) is 0 Å². The van der Waals surface area contributed by atoms with Gasteiger partial charge < -0.3 is 18.4 Å². The van der Waals surface area contributed by atoms with Gasteiger partial charge in [0.05, 0.1) is 31.9 Å². The molecule has 0 aromatic heterocycles. The maximum atomic E-state index is 14.0. The van der Waals surface area contributed by atoms with E-state index >= 15 is 0 Å². The first-order chi connectivity index (χ1) is 25.5. The van der Waals surface area contributed by atoms with Crippen LogP contribution in [0.15, 0.2) is 78.9 Å². The summed E-state index contributed by atoms with van der Waals surface area (Å²) in [6, 6.07) is 20.2. The minimum Gasteiger partial charge on any atom is -0.497 e. The number of nitrogens with zero attached hydrogens (tertiary/aromatic N) is 3. The number of hydrogen-bond acceptors (Lipinski definition) is 9. The Morgan fingerprint density at radius 3 is 2.11 bits per heavy atom. The van der Waals surface area contributed by atoms with Gasteiger partial charge in [0.2, 0.25) is 0 Å². The third kappa shape index (κ3) is 9.66. The van der Waals surface area contributed by atoms with E-state index in [1.54, 1.807) is 48.4 Å². The van der Waals surface area contributed by atoms with Crippen LogP contribution in [0.3, 0.4) is 0 Å². The maximum absolute atomic E-state index is 14.0. The minimum atomic E-state index is -5.85. The Hall–Kier alpha value is -3.90. The first-order valence-electron chi connectivity index (χ1n) is 17.5. The SMILES string of the molecule is COc1ccc(CN([C@H]2C[C@@H](C)N(C(=O)OCc3ccccc3)[C@H]2COC2CCC(c3ccccc3OS(=O)(=O)C(F)(F)F)CC2)S(=O)(=O)N(C)C)cc1. The van der Waals surface area contributed by atoms with E-state index in [9.17, 15) is 34.8 Å². The van der Waals surface area contributed by atoms with Crippen molar-refractivity contribution in [2.45, 2.75) is 87.8 Å². The largest absolute Gasteiger partial charge is 0.534 e. The van der Waals surface area contributed by atoms with Crippen LogP contribution in [0.1, 0.15) is 61.6 Å². The number of methoxy groups -OCH3 is 1. The second-order valence-electron chi connectivity index (χ2n) is 13.7. The molecule has 1 saturated carbocycles. The molecule has 296 valence electrons. The summed E-state index contributed by atoms with van der Waals surface area (Å²) in [5, 5.41) is 0. The second kappa shape index (κ2) is 17.3. The van der Waals surface area contributed by atoms with E-state index in [1.165, 1.54) is 30.5 Å². The van der Waals surface area contributed by atoms with Crippen LogP contribution < -0.4 is 8.92 Å². The van der Waals surface area contributed by atoms with Gasteiger partial charge in [0.15, 0.2) is 0 Å². The minimum absolute atomic E-state index is 0.0158. The molecule has 3 atom stereocenters. The normalized spacial score (nSPS) is 22.4. The number of carbonyl (C=O) groups excluding carboxylic acids is 1. The fourth-order valence-corrected chi connectivity index (χ4v) is 8.85. The Labute approximate surface area is 315 Å². The molecule has 3 aromatic carbocycles. The van der Waals surface area contributed by atoms with E-state index in [1.807, 2.05) is 37.3 Å². The lowest BCUT2D eigenvalue weighted by Crippen LogP contribution is -2.54. The molecule has 1 saturated heterocycles. The molecular formula is C37H46F3N3O9S2. The van der Waals surface area contributed by atoms with Gasteiger partial charge in [-0.2, -0.15) is 38.6 Å². The zero-order valence-electron chi connectivity index (χ0n) is 30.5. The fraction of sp³-hybridized carbons (Fsp3) is 0.486. The Balaban J connectivity index is 1.36. The molecule has 1 heterocycles. The lowest BCUT2D eigenvalue weighted by atomic mass is 9.82. The topological polar surface area (TPSA) is 132 Å². The van der Waals surface area contributed by atoms with E-state index in [0.717, 1.165) is 9.87 Å². The van der Waals surface area contributed by atoms with Crippen LogP contribution in [0.4, 0.5) is 18.0 Å². The monoisotopic (exact) mass is 797 g/mol. The molecular weight excluding hydrogens is 752 g/mol. The zero-order valence-corrected chi connectivity index (χ0v) is 32.1. The van der Waals surface area contributed by atoms with Crippen LogP contribution in [-0.4, -0.2) is 94.0 Å². The van der Waals surface area contributed by atoms with Crippen molar-refractivity contribution in [1.29, 1.82) is 0 Å². The van der Waals surface area contributed by atoms with Gasteiger partial charge in [-0.3, -0.25) is 4.90 Å². The van der Waals surface area contributed by atoms with Crippen LogP contribution >= 0.6 is 0 Å². The quantitative estimate of drug-likeness (QED) is 0.134. The van der Waals surface area contributed by atoms with Gasteiger partial charge >= 0.3 is 21.7 Å². The maximum Gasteiger partial charge on any atom is 0.534 e. The van der Waals surface area contributed by atoms with Gasteiger partial charge in [0.1, 0.15) is 18.1 Å². The highest BCUT2D eigenvalue weighted by molar-refractivity contribution is 7.88. The Bertz CT molecular complexity index is 1920. The molecule has 2 aliphatic rings. The van der Waals surface area contributed by atoms with Crippen molar-refractivity contribution < 1.29 is 53.2 Å². The lowest BCUT2D eigenvalue weighted by molar-refractivity contribution is -0.0500. The summed E-state index contributed by atoms with van der Waals surface area (Å²) in [5.41, 5.74) is -3.72. The summed E-state index contributed by atoms with van der Waals surface area (Å²) in [6.07, 6.45) is 1.24. The van der Waals surface area contributed by atoms with E-state index in [4.69, 9.17) is 14.2 Å². The Kier molecular flexibility index (Phi) is 13.2. The highest BCUT2D eigenvalue weighted by Gasteiger charge is 2.50. The van der Waals surface area contributed by atoms with Gasteiger partial charge in [0.25, 0.3) is 10.2 Å². The lowest BCUT2D eigenvalue weighted by Gasteiger charge is -2.37. The summed E-state index contributed by atoms with van der Waals surface area (Å²) in [5.74, 6) is -0.0462. The van der Waals surface area contributed by atoms with E-state index in [0.29, 0.717) is 49.0 Å². The van der Waals surface area contributed by atoms with Crippen LogP contribution in [0.5, 0.6) is 11.5 Å². The molecule has 12 nitrogen and oxygen atoms in total. The molecule has 0 bridgehead atoms. The van der Waals surface area contributed by atoms with Gasteiger partial charge in [-0.1, -0.05) is 60.7 Å². The summed E-state index contributed by atoms with van der Waals surface area (Å²) in [7, 11) is -5.44. The Morgan fingerprint density at radius 1 is 0.870 bits per heavy atom. The second-order valence-corrected chi connectivity index (χ2v) is 17.3. The van der Waals surface area contributed by atoms with Crippen LogP contribution in [0.25, 0.3) is 0 Å². The van der Waals surface area contributed by atoms with Crippen molar-refractivity contribution in [3.8, 4) is 11.5 Å². The van der Waals surface area contributed by atoms with Gasteiger partial charge in [0, 0.05) is 26.7 Å². The molecule has 0 radical (unpaired) electrons. The molecule has 0 N–H and O–H groups in total. The molecule has 1 amide bonds. The number of alkyl halides is 3. The number of rotatable bonds is 14. The molecule has 0 unspecified atom stereocenters. The van der Waals surface area contributed by atoms with E-state index in [2.05, 4.69) is 4.18 Å². The summed E-state index contributed by atoms with van der Waals surface area (Å²) in [4.78, 5) is 15.4. The first kappa shape index (κ1) is 41.3. The van der Waals surface area contributed by atoms with Gasteiger partial charge in [-0.15, -0.1) is 0 Å². The third-order valence-electron chi connectivity index (χ3n) is 9.92. The van der Waals surface area contributed by atoms with Gasteiger partial charge in [-0.25, -0.2) is 4.79 Å². The summed E-state index contributed by atoms with van der Waals surface area (Å²) < 4.78 is 115. The Morgan fingerprint density at radius 2 is 1.50 bits per heavy atom. The van der Waals surface area contributed by atoms with Crippen molar-refractivity contribution in [3.05, 3.63) is 95.6 Å². The molecule has 3 aromatic rings. The first-order valence-corrected chi connectivity index (χ1v) is 20.3. The highest BCUT2D eigenvalue weighted by atomic mass is 32.2. The van der Waals surface area contributed by atoms with Crippen molar-refractivity contribution in [1.82, 2.24) is 13.5 Å². The van der Waals surface area contributed by atoms with Crippen molar-refractivity contribution in [2.24, 2.45) is 0 Å². The number of hydrogen-bond donors (Lipinski definition) is 0. The molecule has 1 aliphatic heterocycles. The van der Waals surface area contributed by atoms with Crippen molar-refractivity contribution >= 4 is 26.4 Å². The number of para-hydroxylation sites is 1. The standard InChI is InChI=1S/C37H46F3N3O9S2/c1-26-22-33(42(54(47,48)41(2)3)23-27-14-18-30(49-4)19-15-27)34(43(26)36(44)51-24-28-10-6-5-7-11-28)25-50-31-20-16-29(17-21-31)32-12-8-9-13-35(32)52-53(45,46)37(38,39)40/h5-15,18-19,26,29,31,33-34H,16-17,20-25H2,1-4H3/t26-,29?,31?,33+,34+/m1/s1. The molecule has 2 fully saturated rings. The summed E-state index contributed by atoms with van der Waals surface area (Å²) in [6.45, 7) is 1.86. The van der Waals surface area contributed by atoms with Crippen LogP contribution in [0, 0.1) is 0 Å². The van der Waals surface area contributed by atoms with E-state index in [-0.39, 0.29) is 37.5 Å². The number of likely N-dealkylation sites (tertiary alicyclic amines) is 1. The number of ether oxygens (including phenoxy) is 3. The zero-order chi connectivity index (χ0) is 39.3. The predicted octanol–water partition coefficient (Wildman–Crippen LogP) is 6.44. The number of carbonyl (C=O) groups is 1. The smallest absolute Gasteiger partial charge is 0.497 e. The highest BCUT2D eigenvalue weighted by Crippen LogP contribution is 2.41. The molecule has 0 spiro atoms. The van der Waals surface area contributed by atoms with Crippen molar-refractivity contribution in [2.75, 3.05) is 27.8 Å². The molecule has 17 heteroatoms. The average Bonchev–Trinajstić information content (AvgIpc) is 3.47. The average molecular weight is 798 g/mol. The van der Waals surface area contributed by atoms with Crippen LogP contribution in [-0.2, 0) is 43.0 Å².